The summed E-state index contributed by atoms with van der Waals surface area (Å²) in [6.07, 6.45) is 0.0375. The molecule has 0 N–H and O–H groups in total. The quantitative estimate of drug-likeness (QED) is 0.791. The normalized spacial score (nSPS) is 10.9. The average Bonchev–Trinajstić information content (AvgIpc) is 2.24. The Morgan fingerprint density at radius 3 is 2.50 bits per heavy atom. The van der Waals surface area contributed by atoms with E-state index in [0.717, 1.165) is 0 Å². The van der Waals surface area contributed by atoms with Crippen LogP contribution in [0.4, 0.5) is 10.5 Å². The summed E-state index contributed by atoms with van der Waals surface area (Å²) in [7, 11) is 0. The number of para-hydroxylation sites is 1. The van der Waals surface area contributed by atoms with Crippen molar-refractivity contribution >= 4 is 29.7 Å². The number of carbonyl (C=O) groups excluding carboxylic acids is 2. The Bertz CT molecular complexity index is 440. The van der Waals surface area contributed by atoms with Crippen LogP contribution in [-0.2, 0) is 9.53 Å². The molecule has 5 heteroatoms. The van der Waals surface area contributed by atoms with Crippen LogP contribution in [0.25, 0.3) is 0 Å². The van der Waals surface area contributed by atoms with Gasteiger partial charge in [-0.25, -0.2) is 4.79 Å². The van der Waals surface area contributed by atoms with Crippen molar-refractivity contribution in [1.82, 2.24) is 0 Å². The molecule has 0 heterocycles. The molecular formula is C13H16ClNO3. The number of carbonyl (C=O) groups is 2. The molecule has 0 unspecified atom stereocenters. The van der Waals surface area contributed by atoms with E-state index >= 15 is 0 Å². The molecule has 0 spiro atoms. The molecule has 1 aromatic carbocycles. The predicted octanol–water partition coefficient (Wildman–Crippen LogP) is 3.28. The Morgan fingerprint density at radius 2 is 2.00 bits per heavy atom. The fourth-order valence-corrected chi connectivity index (χ4v) is 1.57. The topological polar surface area (TPSA) is 46.6 Å². The van der Waals surface area contributed by atoms with Gasteiger partial charge in [0.25, 0.3) is 0 Å². The van der Waals surface area contributed by atoms with Crippen molar-refractivity contribution in [3.05, 3.63) is 29.3 Å². The lowest BCUT2D eigenvalue weighted by atomic mass is 10.2. The summed E-state index contributed by atoms with van der Waals surface area (Å²) >= 11 is 6.00. The standard InChI is InChI=1S/C13H16ClNO3/c1-13(2,3)18-12(17)15(8-9-16)11-7-5-4-6-10(11)14/h4-7,9H,8H2,1-3H3. The highest BCUT2D eigenvalue weighted by Crippen LogP contribution is 2.26. The van der Waals surface area contributed by atoms with E-state index in [1.165, 1.54) is 4.90 Å². The molecule has 98 valence electrons. The van der Waals surface area contributed by atoms with E-state index in [9.17, 15) is 9.59 Å². The molecule has 0 fully saturated rings. The molecule has 0 bridgehead atoms. The van der Waals surface area contributed by atoms with Crippen molar-refractivity contribution in [3.8, 4) is 0 Å². The van der Waals surface area contributed by atoms with Gasteiger partial charge in [0.15, 0.2) is 0 Å². The van der Waals surface area contributed by atoms with Gasteiger partial charge in [0, 0.05) is 0 Å². The number of halogens is 1. The molecule has 1 aromatic rings. The summed E-state index contributed by atoms with van der Waals surface area (Å²) in [5.41, 5.74) is -0.167. The van der Waals surface area contributed by atoms with E-state index in [1.54, 1.807) is 45.0 Å². The lowest BCUT2D eigenvalue weighted by Crippen LogP contribution is -2.38. The minimum Gasteiger partial charge on any atom is -0.443 e. The minimum atomic E-state index is -0.626. The van der Waals surface area contributed by atoms with Gasteiger partial charge in [-0.15, -0.1) is 0 Å². The zero-order chi connectivity index (χ0) is 13.8. The minimum absolute atomic E-state index is 0.0986. The van der Waals surface area contributed by atoms with E-state index in [1.807, 2.05) is 0 Å². The van der Waals surface area contributed by atoms with Crippen LogP contribution in [0.1, 0.15) is 20.8 Å². The van der Waals surface area contributed by atoms with E-state index in [4.69, 9.17) is 16.3 Å². The molecular weight excluding hydrogens is 254 g/mol. The fourth-order valence-electron chi connectivity index (χ4n) is 1.33. The SMILES string of the molecule is CC(C)(C)OC(=O)N(CC=O)c1ccccc1Cl. The Morgan fingerprint density at radius 1 is 1.39 bits per heavy atom. The third kappa shape index (κ3) is 4.04. The van der Waals surface area contributed by atoms with Crippen LogP contribution < -0.4 is 4.90 Å². The number of hydrogen-bond acceptors (Lipinski definition) is 3. The van der Waals surface area contributed by atoms with Crippen LogP contribution in [0.2, 0.25) is 5.02 Å². The third-order valence-corrected chi connectivity index (χ3v) is 2.33. The first kappa shape index (κ1) is 14.5. The Labute approximate surface area is 111 Å². The Kier molecular flexibility index (Phi) is 4.73. The molecule has 0 aliphatic carbocycles. The maximum Gasteiger partial charge on any atom is 0.415 e. The number of anilines is 1. The monoisotopic (exact) mass is 269 g/mol. The van der Waals surface area contributed by atoms with Crippen LogP contribution in [0.5, 0.6) is 0 Å². The summed E-state index contributed by atoms with van der Waals surface area (Å²) in [5, 5.41) is 0.394. The Balaban J connectivity index is 3.00. The van der Waals surface area contributed by atoms with Gasteiger partial charge in [-0.05, 0) is 32.9 Å². The highest BCUT2D eigenvalue weighted by Gasteiger charge is 2.24. The summed E-state index contributed by atoms with van der Waals surface area (Å²) < 4.78 is 5.23. The highest BCUT2D eigenvalue weighted by molar-refractivity contribution is 6.33. The van der Waals surface area contributed by atoms with E-state index in [2.05, 4.69) is 0 Å². The lowest BCUT2D eigenvalue weighted by Gasteiger charge is -2.26. The molecule has 0 saturated carbocycles. The molecule has 0 aliphatic heterocycles. The Hall–Kier alpha value is -1.55. The van der Waals surface area contributed by atoms with Crippen molar-refractivity contribution in [3.63, 3.8) is 0 Å². The number of hydrogen-bond donors (Lipinski definition) is 0. The van der Waals surface area contributed by atoms with Crippen molar-refractivity contribution in [2.45, 2.75) is 26.4 Å². The number of rotatable bonds is 3. The van der Waals surface area contributed by atoms with Gasteiger partial charge in [-0.3, -0.25) is 4.90 Å². The van der Waals surface area contributed by atoms with Gasteiger partial charge in [0.2, 0.25) is 0 Å². The first-order valence-electron chi connectivity index (χ1n) is 5.54. The largest absolute Gasteiger partial charge is 0.443 e. The van der Waals surface area contributed by atoms with Crippen molar-refractivity contribution in [2.24, 2.45) is 0 Å². The lowest BCUT2D eigenvalue weighted by molar-refractivity contribution is -0.106. The van der Waals surface area contributed by atoms with Crippen LogP contribution >= 0.6 is 11.6 Å². The maximum absolute atomic E-state index is 12.0. The summed E-state index contributed by atoms with van der Waals surface area (Å²) in [6.45, 7) is 5.18. The second-order valence-corrected chi connectivity index (χ2v) is 5.12. The molecule has 18 heavy (non-hydrogen) atoms. The smallest absolute Gasteiger partial charge is 0.415 e. The zero-order valence-corrected chi connectivity index (χ0v) is 11.4. The summed E-state index contributed by atoms with van der Waals surface area (Å²) in [5.74, 6) is 0. The van der Waals surface area contributed by atoms with Crippen molar-refractivity contribution in [2.75, 3.05) is 11.4 Å². The van der Waals surface area contributed by atoms with E-state index in [0.29, 0.717) is 17.0 Å². The van der Waals surface area contributed by atoms with Gasteiger partial charge in [0.1, 0.15) is 11.9 Å². The highest BCUT2D eigenvalue weighted by atomic mass is 35.5. The molecule has 0 atom stereocenters. The number of benzene rings is 1. The molecule has 0 saturated heterocycles. The van der Waals surface area contributed by atoms with E-state index < -0.39 is 11.7 Å². The van der Waals surface area contributed by atoms with Crippen molar-refractivity contribution < 1.29 is 14.3 Å². The van der Waals surface area contributed by atoms with Gasteiger partial charge in [0.05, 0.1) is 17.3 Å². The van der Waals surface area contributed by atoms with Crippen LogP contribution in [-0.4, -0.2) is 24.5 Å². The third-order valence-electron chi connectivity index (χ3n) is 2.01. The first-order valence-corrected chi connectivity index (χ1v) is 5.91. The van der Waals surface area contributed by atoms with Crippen LogP contribution in [0.3, 0.4) is 0 Å². The second-order valence-electron chi connectivity index (χ2n) is 4.71. The summed E-state index contributed by atoms with van der Waals surface area (Å²) in [6, 6.07) is 6.80. The number of aldehydes is 1. The zero-order valence-electron chi connectivity index (χ0n) is 10.6. The fraction of sp³-hybridized carbons (Fsp3) is 0.385. The number of ether oxygens (including phenoxy) is 1. The van der Waals surface area contributed by atoms with Gasteiger partial charge in [-0.2, -0.15) is 0 Å². The van der Waals surface area contributed by atoms with Crippen molar-refractivity contribution in [1.29, 1.82) is 0 Å². The van der Waals surface area contributed by atoms with E-state index in [-0.39, 0.29) is 6.54 Å². The average molecular weight is 270 g/mol. The second kappa shape index (κ2) is 5.87. The number of amides is 1. The van der Waals surface area contributed by atoms with Gasteiger partial charge < -0.3 is 9.53 Å². The molecule has 0 aliphatic rings. The summed E-state index contributed by atoms with van der Waals surface area (Å²) in [4.78, 5) is 23.9. The molecule has 4 nitrogen and oxygen atoms in total. The first-order chi connectivity index (χ1) is 8.35. The molecule has 0 radical (unpaired) electrons. The predicted molar refractivity (Wildman–Crippen MR) is 71.1 cm³/mol. The van der Waals surface area contributed by atoms with Gasteiger partial charge >= 0.3 is 6.09 Å². The maximum atomic E-state index is 12.0. The molecule has 0 aromatic heterocycles. The van der Waals surface area contributed by atoms with Crippen LogP contribution in [0, 0.1) is 0 Å². The number of nitrogens with zero attached hydrogens (tertiary/aromatic N) is 1. The molecule has 1 rings (SSSR count). The molecule has 1 amide bonds. The van der Waals surface area contributed by atoms with Gasteiger partial charge in [-0.1, -0.05) is 23.7 Å². The van der Waals surface area contributed by atoms with Crippen LogP contribution in [0.15, 0.2) is 24.3 Å².